The van der Waals surface area contributed by atoms with Crippen molar-refractivity contribution in [2.24, 2.45) is 17.6 Å². The molecule has 0 radical (unpaired) electrons. The van der Waals surface area contributed by atoms with E-state index < -0.39 is 0 Å². The SMILES string of the molecule is Cc1cc(C(=O)NCC2CCCC(C)C2)sc1C#CCN. The van der Waals surface area contributed by atoms with Gasteiger partial charge in [0.1, 0.15) is 0 Å². The highest BCUT2D eigenvalue weighted by molar-refractivity contribution is 7.14. The molecule has 3 N–H and O–H groups in total. The molecule has 4 heteroatoms. The molecule has 3 nitrogen and oxygen atoms in total. The maximum atomic E-state index is 12.2. The molecule has 0 aliphatic heterocycles. The molecule has 1 amide bonds. The van der Waals surface area contributed by atoms with Crippen LogP contribution >= 0.6 is 11.3 Å². The predicted octanol–water partition coefficient (Wildman–Crippen LogP) is 2.92. The molecule has 21 heavy (non-hydrogen) atoms. The average molecular weight is 304 g/mol. The van der Waals surface area contributed by atoms with Gasteiger partial charge in [-0.25, -0.2) is 0 Å². The van der Waals surface area contributed by atoms with Gasteiger partial charge in [0.05, 0.1) is 16.3 Å². The van der Waals surface area contributed by atoms with Crippen LogP contribution in [0.2, 0.25) is 0 Å². The van der Waals surface area contributed by atoms with E-state index in [1.165, 1.54) is 37.0 Å². The molecule has 0 spiro atoms. The number of carbonyl (C=O) groups excluding carboxylic acids is 1. The van der Waals surface area contributed by atoms with E-state index in [0.29, 0.717) is 12.5 Å². The van der Waals surface area contributed by atoms with Crippen molar-refractivity contribution in [3.8, 4) is 11.8 Å². The Morgan fingerprint density at radius 3 is 3.05 bits per heavy atom. The van der Waals surface area contributed by atoms with Gasteiger partial charge in [0.25, 0.3) is 5.91 Å². The molecule has 0 aromatic carbocycles. The highest BCUT2D eigenvalue weighted by Crippen LogP contribution is 2.28. The molecule has 2 unspecified atom stereocenters. The van der Waals surface area contributed by atoms with Crippen LogP contribution in [0.5, 0.6) is 0 Å². The van der Waals surface area contributed by atoms with E-state index in [4.69, 9.17) is 5.73 Å². The number of thiophene rings is 1. The molecule has 1 aromatic heterocycles. The van der Waals surface area contributed by atoms with Crippen LogP contribution in [0, 0.1) is 30.6 Å². The number of aryl methyl sites for hydroxylation is 1. The molecule has 0 saturated heterocycles. The van der Waals surface area contributed by atoms with Crippen molar-refractivity contribution in [3.05, 3.63) is 21.4 Å². The Kier molecular flexibility index (Phi) is 5.84. The molecule has 1 aliphatic rings. The Labute approximate surface area is 131 Å². The second-order valence-corrected chi connectivity index (χ2v) is 7.03. The molecule has 1 fully saturated rings. The summed E-state index contributed by atoms with van der Waals surface area (Å²) in [7, 11) is 0. The number of hydrogen-bond donors (Lipinski definition) is 2. The van der Waals surface area contributed by atoms with Gasteiger partial charge >= 0.3 is 0 Å². The van der Waals surface area contributed by atoms with Crippen LogP contribution < -0.4 is 11.1 Å². The van der Waals surface area contributed by atoms with Crippen LogP contribution in [-0.2, 0) is 0 Å². The van der Waals surface area contributed by atoms with E-state index in [1.807, 2.05) is 13.0 Å². The van der Waals surface area contributed by atoms with Gasteiger partial charge in [-0.05, 0) is 43.2 Å². The Balaban J connectivity index is 1.91. The molecule has 1 saturated carbocycles. The van der Waals surface area contributed by atoms with E-state index in [9.17, 15) is 4.79 Å². The van der Waals surface area contributed by atoms with Gasteiger partial charge in [0.2, 0.25) is 0 Å². The maximum absolute atomic E-state index is 12.2. The Morgan fingerprint density at radius 1 is 1.52 bits per heavy atom. The highest BCUT2D eigenvalue weighted by Gasteiger charge is 2.20. The van der Waals surface area contributed by atoms with E-state index >= 15 is 0 Å². The van der Waals surface area contributed by atoms with Crippen LogP contribution in [0.3, 0.4) is 0 Å². The van der Waals surface area contributed by atoms with Gasteiger partial charge in [0, 0.05) is 6.54 Å². The van der Waals surface area contributed by atoms with Gasteiger partial charge in [-0.1, -0.05) is 31.6 Å². The zero-order chi connectivity index (χ0) is 15.2. The van der Waals surface area contributed by atoms with Gasteiger partial charge in [-0.15, -0.1) is 11.3 Å². The smallest absolute Gasteiger partial charge is 0.261 e. The van der Waals surface area contributed by atoms with E-state index in [0.717, 1.165) is 27.8 Å². The molecule has 2 atom stereocenters. The lowest BCUT2D eigenvalue weighted by Gasteiger charge is -2.26. The normalized spacial score (nSPS) is 21.5. The Hall–Kier alpha value is -1.31. The number of amides is 1. The zero-order valence-corrected chi connectivity index (χ0v) is 13.7. The minimum atomic E-state index is 0.0297. The third kappa shape index (κ3) is 4.59. The first-order chi connectivity index (χ1) is 10.1. The van der Waals surface area contributed by atoms with Crippen molar-refractivity contribution < 1.29 is 4.79 Å². The minimum Gasteiger partial charge on any atom is -0.351 e. The first-order valence-electron chi connectivity index (χ1n) is 7.67. The van der Waals surface area contributed by atoms with Crippen molar-refractivity contribution in [3.63, 3.8) is 0 Å². The monoisotopic (exact) mass is 304 g/mol. The fourth-order valence-electron chi connectivity index (χ4n) is 2.92. The van der Waals surface area contributed by atoms with Crippen LogP contribution in [0.25, 0.3) is 0 Å². The fraction of sp³-hybridized carbons (Fsp3) is 0.588. The lowest BCUT2D eigenvalue weighted by molar-refractivity contribution is 0.0944. The molecule has 2 rings (SSSR count). The highest BCUT2D eigenvalue weighted by atomic mass is 32.1. The second-order valence-electron chi connectivity index (χ2n) is 5.98. The second kappa shape index (κ2) is 7.63. The summed E-state index contributed by atoms with van der Waals surface area (Å²) in [5.41, 5.74) is 6.44. The number of hydrogen-bond acceptors (Lipinski definition) is 3. The van der Waals surface area contributed by atoms with Crippen molar-refractivity contribution in [2.45, 2.75) is 39.5 Å². The number of nitrogens with two attached hydrogens (primary N) is 1. The zero-order valence-electron chi connectivity index (χ0n) is 12.9. The van der Waals surface area contributed by atoms with Crippen LogP contribution in [0.15, 0.2) is 6.07 Å². The number of nitrogens with one attached hydrogen (secondary N) is 1. The summed E-state index contributed by atoms with van der Waals surface area (Å²) in [4.78, 5) is 13.9. The fourth-order valence-corrected chi connectivity index (χ4v) is 3.88. The van der Waals surface area contributed by atoms with Gasteiger partial charge < -0.3 is 11.1 Å². The Bertz CT molecular complexity index is 553. The predicted molar refractivity (Wildman–Crippen MR) is 88.4 cm³/mol. The maximum Gasteiger partial charge on any atom is 0.261 e. The molecular formula is C17H24N2OS. The lowest BCUT2D eigenvalue weighted by atomic mass is 9.82. The summed E-state index contributed by atoms with van der Waals surface area (Å²) in [6.45, 7) is 5.43. The van der Waals surface area contributed by atoms with E-state index in [1.54, 1.807) is 0 Å². The van der Waals surface area contributed by atoms with Gasteiger partial charge in [0.15, 0.2) is 0 Å². The van der Waals surface area contributed by atoms with Crippen molar-refractivity contribution in [2.75, 3.05) is 13.1 Å². The van der Waals surface area contributed by atoms with Crippen LogP contribution in [-0.4, -0.2) is 19.0 Å². The topological polar surface area (TPSA) is 55.1 Å². The summed E-state index contributed by atoms with van der Waals surface area (Å²) >= 11 is 1.45. The van der Waals surface area contributed by atoms with Crippen molar-refractivity contribution in [1.82, 2.24) is 5.32 Å². The van der Waals surface area contributed by atoms with Crippen molar-refractivity contribution in [1.29, 1.82) is 0 Å². The molecule has 114 valence electrons. The Morgan fingerprint density at radius 2 is 2.33 bits per heavy atom. The van der Waals surface area contributed by atoms with E-state index in [2.05, 4.69) is 24.1 Å². The minimum absolute atomic E-state index is 0.0297. The lowest BCUT2D eigenvalue weighted by Crippen LogP contribution is -2.31. The summed E-state index contributed by atoms with van der Waals surface area (Å²) in [5.74, 6) is 7.32. The molecule has 1 aromatic rings. The van der Waals surface area contributed by atoms with Crippen LogP contribution in [0.4, 0.5) is 0 Å². The summed E-state index contributed by atoms with van der Waals surface area (Å²) in [5, 5.41) is 3.08. The number of rotatable bonds is 3. The largest absolute Gasteiger partial charge is 0.351 e. The molecule has 1 heterocycles. The summed E-state index contributed by atoms with van der Waals surface area (Å²) < 4.78 is 0. The quantitative estimate of drug-likeness (QED) is 0.844. The van der Waals surface area contributed by atoms with Gasteiger partial charge in [-0.2, -0.15) is 0 Å². The van der Waals surface area contributed by atoms with E-state index in [-0.39, 0.29) is 5.91 Å². The number of carbonyl (C=O) groups is 1. The van der Waals surface area contributed by atoms with Crippen molar-refractivity contribution >= 4 is 17.2 Å². The molecule has 0 bridgehead atoms. The third-order valence-electron chi connectivity index (χ3n) is 4.04. The average Bonchev–Trinajstić information content (AvgIpc) is 2.84. The summed E-state index contributed by atoms with van der Waals surface area (Å²) in [6, 6.07) is 1.92. The molecular weight excluding hydrogens is 280 g/mol. The third-order valence-corrected chi connectivity index (χ3v) is 5.19. The first kappa shape index (κ1) is 16.1. The first-order valence-corrected chi connectivity index (χ1v) is 8.49. The van der Waals surface area contributed by atoms with Gasteiger partial charge in [-0.3, -0.25) is 4.79 Å². The molecule has 1 aliphatic carbocycles. The summed E-state index contributed by atoms with van der Waals surface area (Å²) in [6.07, 6.45) is 5.09. The standard InChI is InChI=1S/C17H24N2OS/c1-12-5-3-6-14(9-12)11-19-17(20)16-10-13(2)15(21-16)7-4-8-18/h10,12,14H,3,5-6,8-9,11,18H2,1-2H3,(H,19,20). The van der Waals surface area contributed by atoms with Crippen LogP contribution in [0.1, 0.15) is 52.7 Å².